The first kappa shape index (κ1) is 14.1. The number of rotatable bonds is 6. The van der Waals surface area contributed by atoms with E-state index < -0.39 is 23.6 Å². The molecule has 1 atom stereocenters. The highest BCUT2D eigenvalue weighted by Crippen LogP contribution is 2.06. The molecule has 100 valence electrons. The minimum absolute atomic E-state index is 0.125. The Labute approximate surface area is 102 Å². The summed E-state index contributed by atoms with van der Waals surface area (Å²) >= 11 is 0. The largest absolute Gasteiger partial charge is 0.480 e. The Hall–Kier alpha value is -1.96. The van der Waals surface area contributed by atoms with Crippen molar-refractivity contribution in [2.45, 2.75) is 32.4 Å². The minimum atomic E-state index is -1.13. The Kier molecular flexibility index (Phi) is 4.78. The van der Waals surface area contributed by atoms with E-state index in [1.54, 1.807) is 0 Å². The molecule has 18 heavy (non-hydrogen) atoms. The number of allylic oxidation sites excluding steroid dienone is 2. The molecule has 0 bridgehead atoms. The lowest BCUT2D eigenvalue weighted by Gasteiger charge is -2.03. The average Bonchev–Trinajstić information content (AvgIpc) is 2.60. The van der Waals surface area contributed by atoms with Gasteiger partial charge in [0.1, 0.15) is 11.9 Å². The molecular formula is C10H14FN3O4. The lowest BCUT2D eigenvalue weighted by Crippen LogP contribution is -2.29. The van der Waals surface area contributed by atoms with E-state index in [-0.39, 0.29) is 25.2 Å². The van der Waals surface area contributed by atoms with Crippen LogP contribution >= 0.6 is 0 Å². The predicted octanol–water partition coefficient (Wildman–Crippen LogP) is 0.190. The van der Waals surface area contributed by atoms with Crippen LogP contribution in [0.15, 0.2) is 21.2 Å². The molecule has 0 saturated heterocycles. The molecule has 1 unspecified atom stereocenters. The number of carbonyl (C=O) groups is 1. The van der Waals surface area contributed by atoms with Gasteiger partial charge >= 0.3 is 11.7 Å². The third kappa shape index (κ3) is 3.81. The average molecular weight is 259 g/mol. The van der Waals surface area contributed by atoms with Gasteiger partial charge < -0.3 is 10.8 Å². The van der Waals surface area contributed by atoms with E-state index in [4.69, 9.17) is 10.8 Å². The van der Waals surface area contributed by atoms with Gasteiger partial charge in [-0.1, -0.05) is 11.2 Å². The molecule has 0 radical (unpaired) electrons. The number of carboxylic acids is 1. The zero-order valence-corrected chi connectivity index (χ0v) is 9.80. The van der Waals surface area contributed by atoms with Crippen molar-refractivity contribution in [3.63, 3.8) is 0 Å². The maximum Gasteiger partial charge on any atom is 0.441 e. The molecule has 1 rings (SSSR count). The van der Waals surface area contributed by atoms with Crippen LogP contribution in [-0.4, -0.2) is 26.8 Å². The summed E-state index contributed by atoms with van der Waals surface area (Å²) in [5, 5.41) is 11.9. The van der Waals surface area contributed by atoms with Crippen LogP contribution in [0.3, 0.4) is 0 Å². The first-order valence-corrected chi connectivity index (χ1v) is 5.28. The first-order chi connectivity index (χ1) is 8.41. The van der Waals surface area contributed by atoms with Crippen molar-refractivity contribution >= 4 is 5.97 Å². The summed E-state index contributed by atoms with van der Waals surface area (Å²) in [5.41, 5.74) is 5.26. The van der Waals surface area contributed by atoms with Crippen molar-refractivity contribution < 1.29 is 18.8 Å². The minimum Gasteiger partial charge on any atom is -0.480 e. The van der Waals surface area contributed by atoms with E-state index in [1.807, 2.05) is 0 Å². The molecule has 0 aliphatic heterocycles. The van der Waals surface area contributed by atoms with Gasteiger partial charge in [-0.2, -0.15) is 0 Å². The van der Waals surface area contributed by atoms with E-state index in [1.165, 1.54) is 13.0 Å². The second-order valence-electron chi connectivity index (χ2n) is 3.75. The normalized spacial score (nSPS) is 13.6. The highest BCUT2D eigenvalue weighted by Gasteiger charge is 2.11. The van der Waals surface area contributed by atoms with Gasteiger partial charge in [0.25, 0.3) is 0 Å². The second kappa shape index (κ2) is 6.10. The van der Waals surface area contributed by atoms with Crippen molar-refractivity contribution in [1.82, 2.24) is 9.72 Å². The number of aliphatic carboxylic acids is 1. The van der Waals surface area contributed by atoms with Crippen molar-refractivity contribution in [3.8, 4) is 0 Å². The van der Waals surface area contributed by atoms with E-state index in [2.05, 4.69) is 9.68 Å². The number of hydrogen-bond acceptors (Lipinski definition) is 5. The van der Waals surface area contributed by atoms with Gasteiger partial charge in [-0.25, -0.2) is 9.18 Å². The lowest BCUT2D eigenvalue weighted by atomic mass is 10.1. The number of nitrogens with zero attached hydrogens (tertiary/aromatic N) is 2. The number of aromatic nitrogens is 2. The molecule has 0 amide bonds. The van der Waals surface area contributed by atoms with Crippen LogP contribution in [0.2, 0.25) is 0 Å². The van der Waals surface area contributed by atoms with Gasteiger partial charge in [-0.05, 0) is 19.8 Å². The number of carboxylic acid groups (broad SMARTS) is 1. The first-order valence-electron chi connectivity index (χ1n) is 5.28. The molecule has 0 aromatic carbocycles. The van der Waals surface area contributed by atoms with Crippen molar-refractivity contribution in [2.24, 2.45) is 5.73 Å². The molecule has 0 saturated carbocycles. The Bertz CT molecular complexity index is 505. The highest BCUT2D eigenvalue weighted by molar-refractivity contribution is 5.72. The molecule has 1 aromatic rings. The van der Waals surface area contributed by atoms with Crippen LogP contribution in [0.4, 0.5) is 4.39 Å². The third-order valence-corrected chi connectivity index (χ3v) is 2.34. The molecule has 3 N–H and O–H groups in total. The lowest BCUT2D eigenvalue weighted by molar-refractivity contribution is -0.138. The predicted molar refractivity (Wildman–Crippen MR) is 59.5 cm³/mol. The van der Waals surface area contributed by atoms with E-state index in [0.29, 0.717) is 0 Å². The number of aryl methyl sites for hydroxylation is 1. The van der Waals surface area contributed by atoms with Gasteiger partial charge in [0.05, 0.1) is 6.54 Å². The molecule has 0 fully saturated rings. The second-order valence-corrected chi connectivity index (χ2v) is 3.75. The fourth-order valence-corrected chi connectivity index (χ4v) is 1.27. The zero-order chi connectivity index (χ0) is 13.7. The zero-order valence-electron chi connectivity index (χ0n) is 9.80. The third-order valence-electron chi connectivity index (χ3n) is 2.34. The maximum atomic E-state index is 13.4. The molecule has 0 aliphatic carbocycles. The van der Waals surface area contributed by atoms with Crippen LogP contribution < -0.4 is 11.5 Å². The summed E-state index contributed by atoms with van der Waals surface area (Å²) in [5.74, 6) is -2.17. The topological polar surface area (TPSA) is 111 Å². The highest BCUT2D eigenvalue weighted by atomic mass is 19.1. The van der Waals surface area contributed by atoms with Crippen molar-refractivity contribution in [1.29, 1.82) is 0 Å². The summed E-state index contributed by atoms with van der Waals surface area (Å²) in [6, 6.07) is -1.02. The summed E-state index contributed by atoms with van der Waals surface area (Å²) < 4.78 is 18.8. The molecule has 0 aliphatic rings. The summed E-state index contributed by atoms with van der Waals surface area (Å²) in [7, 11) is 0. The van der Waals surface area contributed by atoms with E-state index in [0.717, 1.165) is 4.57 Å². The fourth-order valence-electron chi connectivity index (χ4n) is 1.27. The fraction of sp³-hybridized carbons (Fsp3) is 0.500. The molecular weight excluding hydrogens is 245 g/mol. The van der Waals surface area contributed by atoms with Crippen LogP contribution in [0.25, 0.3) is 0 Å². The summed E-state index contributed by atoms with van der Waals surface area (Å²) in [4.78, 5) is 21.5. The molecule has 1 heterocycles. The van der Waals surface area contributed by atoms with Crippen molar-refractivity contribution in [2.75, 3.05) is 0 Å². The maximum absolute atomic E-state index is 13.4. The van der Waals surface area contributed by atoms with Gasteiger partial charge in [-0.3, -0.25) is 13.9 Å². The summed E-state index contributed by atoms with van der Waals surface area (Å²) in [6.07, 6.45) is 1.50. The van der Waals surface area contributed by atoms with Crippen LogP contribution in [0, 0.1) is 6.92 Å². The van der Waals surface area contributed by atoms with Gasteiger partial charge in [0, 0.05) is 0 Å². The van der Waals surface area contributed by atoms with Crippen molar-refractivity contribution in [3.05, 3.63) is 28.3 Å². The quantitative estimate of drug-likeness (QED) is 0.754. The van der Waals surface area contributed by atoms with Crippen LogP contribution in [0.1, 0.15) is 18.7 Å². The van der Waals surface area contributed by atoms with E-state index >= 15 is 0 Å². The molecule has 7 nitrogen and oxygen atoms in total. The SMILES string of the molecule is Cc1noc(=O)n1C/C(F)=C/CCC(N)C(=O)O. The number of nitrogens with two attached hydrogens (primary N) is 1. The van der Waals surface area contributed by atoms with Crippen LogP contribution in [0.5, 0.6) is 0 Å². The van der Waals surface area contributed by atoms with Gasteiger partial charge in [0.15, 0.2) is 5.82 Å². The Balaban J connectivity index is 2.53. The number of hydrogen-bond donors (Lipinski definition) is 2. The molecule has 0 spiro atoms. The smallest absolute Gasteiger partial charge is 0.441 e. The Morgan fingerprint density at radius 1 is 1.72 bits per heavy atom. The Morgan fingerprint density at radius 3 is 2.89 bits per heavy atom. The summed E-state index contributed by atoms with van der Waals surface area (Å²) in [6.45, 7) is 1.23. The standard InChI is InChI=1S/C10H14FN3O4/c1-6-13-18-10(17)14(6)5-7(11)3-2-4-8(12)9(15)16/h3,8H,2,4-5,12H2,1H3,(H,15,16)/b7-3-. The monoisotopic (exact) mass is 259 g/mol. The van der Waals surface area contributed by atoms with E-state index in [9.17, 15) is 14.0 Å². The molecule has 8 heteroatoms. The number of halogens is 1. The van der Waals surface area contributed by atoms with Gasteiger partial charge in [0.2, 0.25) is 0 Å². The van der Waals surface area contributed by atoms with Crippen LogP contribution in [-0.2, 0) is 11.3 Å². The molecule has 1 aromatic heterocycles. The van der Waals surface area contributed by atoms with Gasteiger partial charge in [-0.15, -0.1) is 0 Å². The Morgan fingerprint density at radius 2 is 2.39 bits per heavy atom.